The summed E-state index contributed by atoms with van der Waals surface area (Å²) < 4.78 is 10.4. The third-order valence-electron chi connectivity index (χ3n) is 7.68. The van der Waals surface area contributed by atoms with Crippen molar-refractivity contribution in [1.29, 1.82) is 0 Å². The van der Waals surface area contributed by atoms with Gasteiger partial charge < -0.3 is 19.7 Å². The Balaban J connectivity index is 1.35. The van der Waals surface area contributed by atoms with Gasteiger partial charge in [-0.25, -0.2) is 0 Å². The van der Waals surface area contributed by atoms with E-state index < -0.39 is 23.9 Å². The molecule has 3 aliphatic rings. The fourth-order valence-corrected chi connectivity index (χ4v) is 5.88. The van der Waals surface area contributed by atoms with Gasteiger partial charge in [-0.3, -0.25) is 19.3 Å². The Morgan fingerprint density at radius 3 is 2.16 bits per heavy atom. The summed E-state index contributed by atoms with van der Waals surface area (Å²) in [6.45, 7) is 0.145. The summed E-state index contributed by atoms with van der Waals surface area (Å²) in [6, 6.07) is 20.9. The molecule has 6 rings (SSSR count). The number of fused-ring (bicyclic) bond motifs is 5. The molecule has 192 valence electrons. The molecule has 2 fully saturated rings. The molecule has 8 heteroatoms. The summed E-state index contributed by atoms with van der Waals surface area (Å²) in [7, 11) is 3.16. The normalized spacial score (nSPS) is 23.1. The number of hydrogen-bond acceptors (Lipinski definition) is 6. The van der Waals surface area contributed by atoms with Gasteiger partial charge in [-0.05, 0) is 59.2 Å². The van der Waals surface area contributed by atoms with Crippen LogP contribution in [0.15, 0.2) is 79.0 Å². The van der Waals surface area contributed by atoms with Gasteiger partial charge in [-0.15, -0.1) is 0 Å². The van der Waals surface area contributed by atoms with Crippen LogP contribution in [0.4, 0.5) is 5.69 Å². The molecule has 0 unspecified atom stereocenters. The minimum absolute atomic E-state index is 0.145. The van der Waals surface area contributed by atoms with Gasteiger partial charge in [0, 0.05) is 11.9 Å². The predicted molar refractivity (Wildman–Crippen MR) is 141 cm³/mol. The van der Waals surface area contributed by atoms with Gasteiger partial charge in [0.2, 0.25) is 17.7 Å². The average molecular weight is 510 g/mol. The summed E-state index contributed by atoms with van der Waals surface area (Å²) in [5, 5.41) is 2.95. The number of methoxy groups -OCH3 is 2. The molecule has 0 radical (unpaired) electrons. The minimum atomic E-state index is -0.839. The van der Waals surface area contributed by atoms with Gasteiger partial charge >= 0.3 is 0 Å². The smallest absolute Gasteiger partial charge is 0.247 e. The highest BCUT2D eigenvalue weighted by Gasteiger charge is 2.64. The number of nitrogens with one attached hydrogen (secondary N) is 1. The zero-order valence-corrected chi connectivity index (χ0v) is 21.0. The second-order valence-electron chi connectivity index (χ2n) is 9.66. The zero-order valence-electron chi connectivity index (χ0n) is 21.0. The van der Waals surface area contributed by atoms with Gasteiger partial charge in [0.1, 0.15) is 17.5 Å². The number of amides is 3. The molecule has 0 bridgehead atoms. The minimum Gasteiger partial charge on any atom is -0.497 e. The number of imide groups is 1. The molecule has 2 saturated heterocycles. The SMILES string of the molecule is COc1ccc(CN2C(=O)[C@@H]3[C@H](C2=O)[C@H]2c4ccccc4C=CN2[C@@H]3C(=O)Nc2ccc(OC)cc2)cc1. The Morgan fingerprint density at radius 2 is 1.47 bits per heavy atom. The average Bonchev–Trinajstić information content (AvgIpc) is 3.42. The fraction of sp³-hybridized carbons (Fsp3) is 0.233. The first-order valence-electron chi connectivity index (χ1n) is 12.5. The Labute approximate surface area is 220 Å². The van der Waals surface area contributed by atoms with Crippen molar-refractivity contribution in [3.63, 3.8) is 0 Å². The van der Waals surface area contributed by atoms with Crippen molar-refractivity contribution in [2.75, 3.05) is 19.5 Å². The lowest BCUT2D eigenvalue weighted by atomic mass is 9.84. The second kappa shape index (κ2) is 9.37. The molecular formula is C30H27N3O5. The van der Waals surface area contributed by atoms with Gasteiger partial charge in [0.15, 0.2) is 0 Å². The predicted octanol–water partition coefficient (Wildman–Crippen LogP) is 3.85. The van der Waals surface area contributed by atoms with Crippen LogP contribution in [0, 0.1) is 11.8 Å². The standard InChI is InChI=1S/C30H27N3O5/c1-37-21-11-7-18(8-12-21)17-33-29(35)24-25(30(33)36)27(28(34)31-20-9-13-22(38-2)14-10-20)32-16-15-19-5-3-4-6-23(19)26(24)32/h3-16,24-27H,17H2,1-2H3,(H,31,34)/t24-,25+,26+,27-/m0/s1. The molecule has 3 amide bonds. The quantitative estimate of drug-likeness (QED) is 0.508. The van der Waals surface area contributed by atoms with Crippen molar-refractivity contribution in [1.82, 2.24) is 9.80 Å². The topological polar surface area (TPSA) is 88.2 Å². The first-order chi connectivity index (χ1) is 18.5. The van der Waals surface area contributed by atoms with Crippen LogP contribution in [0.1, 0.15) is 22.7 Å². The highest BCUT2D eigenvalue weighted by atomic mass is 16.5. The maximum atomic E-state index is 13.9. The molecule has 3 heterocycles. The van der Waals surface area contributed by atoms with E-state index in [9.17, 15) is 14.4 Å². The summed E-state index contributed by atoms with van der Waals surface area (Å²) in [5.74, 6) is -1.02. The zero-order chi connectivity index (χ0) is 26.4. The number of carbonyl (C=O) groups excluding carboxylic acids is 3. The number of ether oxygens (including phenoxy) is 2. The van der Waals surface area contributed by atoms with Crippen molar-refractivity contribution >= 4 is 29.5 Å². The third kappa shape index (κ3) is 3.80. The lowest BCUT2D eigenvalue weighted by Gasteiger charge is -2.35. The van der Waals surface area contributed by atoms with Crippen LogP contribution in [-0.4, -0.2) is 47.8 Å². The Kier molecular flexibility index (Phi) is 5.87. The Morgan fingerprint density at radius 1 is 0.842 bits per heavy atom. The molecule has 0 aliphatic carbocycles. The third-order valence-corrected chi connectivity index (χ3v) is 7.68. The van der Waals surface area contributed by atoms with Crippen molar-refractivity contribution < 1.29 is 23.9 Å². The van der Waals surface area contributed by atoms with Gasteiger partial charge in [-0.2, -0.15) is 0 Å². The van der Waals surface area contributed by atoms with E-state index in [1.54, 1.807) is 50.6 Å². The van der Waals surface area contributed by atoms with E-state index in [1.165, 1.54) is 4.90 Å². The fourth-order valence-electron chi connectivity index (χ4n) is 5.88. The van der Waals surface area contributed by atoms with Crippen molar-refractivity contribution in [3.8, 4) is 11.5 Å². The number of carbonyl (C=O) groups is 3. The Bertz CT molecular complexity index is 1430. The maximum absolute atomic E-state index is 13.9. The largest absolute Gasteiger partial charge is 0.497 e. The van der Waals surface area contributed by atoms with Crippen LogP contribution in [0.25, 0.3) is 6.08 Å². The van der Waals surface area contributed by atoms with Crippen LogP contribution in [0.2, 0.25) is 0 Å². The van der Waals surface area contributed by atoms with E-state index in [0.717, 1.165) is 16.7 Å². The lowest BCUT2D eigenvalue weighted by Crippen LogP contribution is -2.46. The molecule has 0 spiro atoms. The van der Waals surface area contributed by atoms with Crippen LogP contribution >= 0.6 is 0 Å². The first-order valence-corrected chi connectivity index (χ1v) is 12.5. The highest BCUT2D eigenvalue weighted by molar-refractivity contribution is 6.10. The van der Waals surface area contributed by atoms with Gasteiger partial charge in [0.05, 0.1) is 38.6 Å². The molecule has 8 nitrogen and oxygen atoms in total. The summed E-state index contributed by atoms with van der Waals surface area (Å²) in [4.78, 5) is 44.7. The summed E-state index contributed by atoms with van der Waals surface area (Å²) in [6.07, 6.45) is 3.78. The van der Waals surface area contributed by atoms with Gasteiger partial charge in [-0.1, -0.05) is 36.4 Å². The summed E-state index contributed by atoms with van der Waals surface area (Å²) >= 11 is 0. The number of anilines is 1. The van der Waals surface area contributed by atoms with Crippen molar-refractivity contribution in [2.45, 2.75) is 18.6 Å². The molecule has 3 aromatic carbocycles. The van der Waals surface area contributed by atoms with E-state index in [2.05, 4.69) is 5.32 Å². The van der Waals surface area contributed by atoms with Crippen LogP contribution in [-0.2, 0) is 20.9 Å². The number of benzene rings is 3. The van der Waals surface area contributed by atoms with E-state index in [1.807, 2.05) is 53.6 Å². The van der Waals surface area contributed by atoms with Crippen LogP contribution in [0.5, 0.6) is 11.5 Å². The van der Waals surface area contributed by atoms with Gasteiger partial charge in [0.25, 0.3) is 0 Å². The van der Waals surface area contributed by atoms with Crippen LogP contribution < -0.4 is 14.8 Å². The molecule has 3 aliphatic heterocycles. The summed E-state index contributed by atoms with van der Waals surface area (Å²) in [5.41, 5.74) is 3.33. The molecule has 4 atom stereocenters. The molecule has 1 N–H and O–H groups in total. The van der Waals surface area contributed by atoms with Crippen molar-refractivity contribution in [2.24, 2.45) is 11.8 Å². The Hall–Kier alpha value is -4.59. The van der Waals surface area contributed by atoms with E-state index in [-0.39, 0.29) is 24.3 Å². The number of hydrogen-bond donors (Lipinski definition) is 1. The van der Waals surface area contributed by atoms with Crippen LogP contribution in [0.3, 0.4) is 0 Å². The van der Waals surface area contributed by atoms with Crippen molar-refractivity contribution in [3.05, 3.63) is 95.7 Å². The molecule has 0 aromatic heterocycles. The monoisotopic (exact) mass is 509 g/mol. The molecule has 3 aromatic rings. The number of nitrogens with zero attached hydrogens (tertiary/aromatic N) is 2. The van der Waals surface area contributed by atoms with E-state index >= 15 is 0 Å². The molecule has 38 heavy (non-hydrogen) atoms. The lowest BCUT2D eigenvalue weighted by molar-refractivity contribution is -0.143. The maximum Gasteiger partial charge on any atom is 0.247 e. The van der Waals surface area contributed by atoms with E-state index in [0.29, 0.717) is 17.2 Å². The number of likely N-dealkylation sites (tertiary alicyclic amines) is 1. The number of rotatable bonds is 6. The van der Waals surface area contributed by atoms with E-state index in [4.69, 9.17) is 9.47 Å². The molecular weight excluding hydrogens is 482 g/mol. The first kappa shape index (κ1) is 23.8. The molecule has 0 saturated carbocycles. The highest BCUT2D eigenvalue weighted by Crippen LogP contribution is 2.52. The second-order valence-corrected chi connectivity index (χ2v) is 9.66.